The molecule has 7 heteroatoms. The number of methoxy groups -OCH3 is 2. The number of aliphatic hydroxyl groups is 1. The zero-order chi connectivity index (χ0) is 19.4. The van der Waals surface area contributed by atoms with Gasteiger partial charge in [0.1, 0.15) is 21.7 Å². The van der Waals surface area contributed by atoms with E-state index in [1.165, 1.54) is 0 Å². The molecule has 2 aromatic carbocycles. The minimum atomic E-state index is -0.977. The highest BCUT2D eigenvalue weighted by atomic mass is 32.2. The van der Waals surface area contributed by atoms with Crippen LogP contribution in [-0.2, 0) is 4.08 Å². The highest BCUT2D eigenvalue weighted by Gasteiger charge is 2.44. The molecular weight excluding hydrogens is 384 g/mol. The Bertz CT molecular complexity index is 796. The molecule has 1 aliphatic heterocycles. The van der Waals surface area contributed by atoms with Crippen molar-refractivity contribution in [3.63, 3.8) is 0 Å². The standard InChI is InChI=1S/C20H22O5S2/c1-24-16-10-14(11-17(12-16)25-2)18(21)20(26-7-4-8-27-20)15-6-3-5-13(9-15)19(22)23/h3,5-6,9-12,18,21H,4,7-8H2,1-2H3,(H,22,23). The number of carboxylic acid groups (broad SMARTS) is 1. The average Bonchev–Trinajstić information content (AvgIpc) is 2.73. The first kappa shape index (κ1) is 19.9. The van der Waals surface area contributed by atoms with Crippen molar-refractivity contribution >= 4 is 29.5 Å². The van der Waals surface area contributed by atoms with Crippen LogP contribution in [0.5, 0.6) is 11.5 Å². The molecule has 0 radical (unpaired) electrons. The van der Waals surface area contributed by atoms with Gasteiger partial charge in [0.25, 0.3) is 0 Å². The maximum Gasteiger partial charge on any atom is 0.335 e. The quantitative estimate of drug-likeness (QED) is 0.746. The summed E-state index contributed by atoms with van der Waals surface area (Å²) < 4.78 is 9.99. The van der Waals surface area contributed by atoms with Gasteiger partial charge in [-0.25, -0.2) is 4.79 Å². The van der Waals surface area contributed by atoms with Gasteiger partial charge in [0.05, 0.1) is 19.8 Å². The molecule has 0 saturated carbocycles. The molecule has 0 bridgehead atoms. The SMILES string of the molecule is COc1cc(OC)cc(C(O)C2(c3cccc(C(=O)O)c3)SCCCS2)c1. The monoisotopic (exact) mass is 406 g/mol. The lowest BCUT2D eigenvalue weighted by Gasteiger charge is -2.40. The van der Waals surface area contributed by atoms with E-state index in [0.29, 0.717) is 17.1 Å². The average molecular weight is 407 g/mol. The second-order valence-electron chi connectivity index (χ2n) is 6.15. The van der Waals surface area contributed by atoms with Crippen LogP contribution in [0.4, 0.5) is 0 Å². The minimum absolute atomic E-state index is 0.217. The highest BCUT2D eigenvalue weighted by Crippen LogP contribution is 2.58. The van der Waals surface area contributed by atoms with Crippen LogP contribution in [0.25, 0.3) is 0 Å². The topological polar surface area (TPSA) is 76.0 Å². The van der Waals surface area contributed by atoms with Crippen LogP contribution in [0.1, 0.15) is 34.0 Å². The van der Waals surface area contributed by atoms with Gasteiger partial charge < -0.3 is 19.7 Å². The zero-order valence-electron chi connectivity index (χ0n) is 15.2. The number of carboxylic acids is 1. The number of ether oxygens (including phenoxy) is 2. The van der Waals surface area contributed by atoms with E-state index in [-0.39, 0.29) is 5.56 Å². The van der Waals surface area contributed by atoms with Gasteiger partial charge in [0, 0.05) is 6.07 Å². The fourth-order valence-corrected chi connectivity index (χ4v) is 6.48. The van der Waals surface area contributed by atoms with E-state index in [4.69, 9.17) is 9.47 Å². The van der Waals surface area contributed by atoms with Gasteiger partial charge in [-0.05, 0) is 53.3 Å². The molecule has 3 rings (SSSR count). The Kier molecular flexibility index (Phi) is 6.24. The summed E-state index contributed by atoms with van der Waals surface area (Å²) in [6, 6.07) is 12.2. The molecular formula is C20H22O5S2. The predicted octanol–water partition coefficient (Wildman–Crippen LogP) is 4.16. The van der Waals surface area contributed by atoms with Gasteiger partial charge in [0.2, 0.25) is 0 Å². The molecule has 1 aliphatic rings. The summed E-state index contributed by atoms with van der Waals surface area (Å²) in [7, 11) is 3.14. The van der Waals surface area contributed by atoms with Gasteiger partial charge in [-0.1, -0.05) is 12.1 Å². The summed E-state index contributed by atoms with van der Waals surface area (Å²) >= 11 is 3.30. The van der Waals surface area contributed by atoms with Gasteiger partial charge in [-0.15, -0.1) is 23.5 Å². The molecule has 27 heavy (non-hydrogen) atoms. The highest BCUT2D eigenvalue weighted by molar-refractivity contribution is 8.18. The van der Waals surface area contributed by atoms with Gasteiger partial charge in [-0.3, -0.25) is 0 Å². The predicted molar refractivity (Wildman–Crippen MR) is 109 cm³/mol. The second-order valence-corrected chi connectivity index (χ2v) is 9.09. The molecule has 1 saturated heterocycles. The Labute approximate surface area is 167 Å². The van der Waals surface area contributed by atoms with Crippen molar-refractivity contribution in [2.24, 2.45) is 0 Å². The smallest absolute Gasteiger partial charge is 0.335 e. The fourth-order valence-electron chi connectivity index (χ4n) is 3.11. The molecule has 5 nitrogen and oxygen atoms in total. The molecule has 0 spiro atoms. The Morgan fingerprint density at radius 3 is 2.26 bits per heavy atom. The Morgan fingerprint density at radius 1 is 1.07 bits per heavy atom. The Hall–Kier alpha value is -1.83. The molecule has 144 valence electrons. The fraction of sp³-hybridized carbons (Fsp3) is 0.350. The van der Waals surface area contributed by atoms with Crippen molar-refractivity contribution in [3.8, 4) is 11.5 Å². The van der Waals surface area contributed by atoms with E-state index in [1.807, 2.05) is 6.07 Å². The number of hydrogen-bond acceptors (Lipinski definition) is 6. The summed E-state index contributed by atoms with van der Waals surface area (Å²) in [5.74, 6) is 2.01. The number of rotatable bonds is 6. The first-order valence-corrected chi connectivity index (χ1v) is 10.5. The van der Waals surface area contributed by atoms with Crippen molar-refractivity contribution < 1.29 is 24.5 Å². The number of aromatic carboxylic acids is 1. The first-order chi connectivity index (χ1) is 13.0. The number of hydrogen-bond donors (Lipinski definition) is 2. The number of benzene rings is 2. The number of carbonyl (C=O) groups is 1. The van der Waals surface area contributed by atoms with Gasteiger partial charge in [0.15, 0.2) is 0 Å². The van der Waals surface area contributed by atoms with Crippen molar-refractivity contribution in [1.29, 1.82) is 0 Å². The van der Waals surface area contributed by atoms with Crippen LogP contribution in [-0.4, -0.2) is 41.9 Å². The van der Waals surface area contributed by atoms with Crippen molar-refractivity contribution in [2.45, 2.75) is 16.6 Å². The lowest BCUT2D eigenvalue weighted by molar-refractivity contribution is 0.0696. The summed E-state index contributed by atoms with van der Waals surface area (Å²) in [6.45, 7) is 0. The van der Waals surface area contributed by atoms with E-state index in [0.717, 1.165) is 23.5 Å². The summed E-state index contributed by atoms with van der Waals surface area (Å²) in [6.07, 6.45) is 0.185. The maximum atomic E-state index is 11.4. The van der Waals surface area contributed by atoms with Crippen LogP contribution >= 0.6 is 23.5 Å². The van der Waals surface area contributed by atoms with Gasteiger partial charge in [-0.2, -0.15) is 0 Å². The molecule has 1 atom stereocenters. The van der Waals surface area contributed by atoms with Crippen molar-refractivity contribution in [1.82, 2.24) is 0 Å². The molecule has 0 amide bonds. The third kappa shape index (κ3) is 4.05. The van der Waals surface area contributed by atoms with Crippen LogP contribution in [0, 0.1) is 0 Å². The first-order valence-electron chi connectivity index (χ1n) is 8.53. The Morgan fingerprint density at radius 2 is 1.70 bits per heavy atom. The lowest BCUT2D eigenvalue weighted by Crippen LogP contribution is -2.31. The third-order valence-corrected chi connectivity index (χ3v) is 7.95. The molecule has 2 aromatic rings. The maximum absolute atomic E-state index is 11.4. The largest absolute Gasteiger partial charge is 0.497 e. The van der Waals surface area contributed by atoms with E-state index in [1.54, 1.807) is 74.1 Å². The minimum Gasteiger partial charge on any atom is -0.497 e. The van der Waals surface area contributed by atoms with E-state index < -0.39 is 16.2 Å². The number of thioether (sulfide) groups is 2. The van der Waals surface area contributed by atoms with Crippen molar-refractivity contribution in [3.05, 3.63) is 59.2 Å². The molecule has 0 aromatic heterocycles. The van der Waals surface area contributed by atoms with Crippen LogP contribution in [0.3, 0.4) is 0 Å². The molecule has 1 fully saturated rings. The summed E-state index contributed by atoms with van der Waals surface area (Å²) in [4.78, 5) is 11.4. The van der Waals surface area contributed by atoms with E-state index in [9.17, 15) is 15.0 Å². The Balaban J connectivity index is 2.09. The van der Waals surface area contributed by atoms with Gasteiger partial charge >= 0.3 is 5.97 Å². The number of aliphatic hydroxyl groups excluding tert-OH is 1. The summed E-state index contributed by atoms with van der Waals surface area (Å²) in [5, 5.41) is 20.8. The molecule has 2 N–H and O–H groups in total. The van der Waals surface area contributed by atoms with Crippen LogP contribution < -0.4 is 9.47 Å². The molecule has 0 aliphatic carbocycles. The van der Waals surface area contributed by atoms with Crippen LogP contribution in [0.2, 0.25) is 0 Å². The zero-order valence-corrected chi connectivity index (χ0v) is 16.8. The molecule has 1 heterocycles. The molecule has 1 unspecified atom stereocenters. The summed E-state index contributed by atoms with van der Waals surface area (Å²) in [5.41, 5.74) is 1.69. The van der Waals surface area contributed by atoms with Crippen molar-refractivity contribution in [2.75, 3.05) is 25.7 Å². The normalized spacial score (nSPS) is 17.1. The second kappa shape index (κ2) is 8.46. The van der Waals surface area contributed by atoms with Crippen LogP contribution in [0.15, 0.2) is 42.5 Å². The van der Waals surface area contributed by atoms with E-state index in [2.05, 4.69) is 0 Å². The van der Waals surface area contributed by atoms with E-state index >= 15 is 0 Å². The third-order valence-electron chi connectivity index (χ3n) is 4.48. The lowest BCUT2D eigenvalue weighted by atomic mass is 9.98.